The lowest BCUT2D eigenvalue weighted by Gasteiger charge is -2.42. The van der Waals surface area contributed by atoms with Gasteiger partial charge in [0, 0.05) is 29.6 Å². The predicted molar refractivity (Wildman–Crippen MR) is 95.3 cm³/mol. The third-order valence-corrected chi connectivity index (χ3v) is 5.32. The monoisotopic (exact) mass is 372 g/mol. The Balaban J connectivity index is 1.57. The molecule has 2 fully saturated rings. The molecule has 2 aromatic carbocycles. The summed E-state index contributed by atoms with van der Waals surface area (Å²) in [6.07, 6.45) is 0. The highest BCUT2D eigenvalue weighted by atomic mass is 79.9. The number of piperazine rings is 1. The zero-order valence-electron chi connectivity index (χ0n) is 13.0. The van der Waals surface area contributed by atoms with Gasteiger partial charge in [0.05, 0.1) is 19.3 Å². The Kier molecular flexibility index (Phi) is 4.49. The molecule has 1 N–H and O–H groups in total. The summed E-state index contributed by atoms with van der Waals surface area (Å²) < 4.78 is 6.89. The molecule has 4 heteroatoms. The van der Waals surface area contributed by atoms with E-state index in [2.05, 4.69) is 80.7 Å². The van der Waals surface area contributed by atoms with E-state index in [-0.39, 0.29) is 0 Å². The van der Waals surface area contributed by atoms with Crippen molar-refractivity contribution in [3.8, 4) is 0 Å². The van der Waals surface area contributed by atoms with Crippen molar-refractivity contribution in [3.05, 3.63) is 70.2 Å². The number of fused-ring (bicyclic) bond motifs is 1. The van der Waals surface area contributed by atoms with E-state index in [1.165, 1.54) is 11.1 Å². The highest BCUT2D eigenvalue weighted by Crippen LogP contribution is 2.29. The van der Waals surface area contributed by atoms with Crippen LogP contribution < -0.4 is 5.32 Å². The molecule has 2 heterocycles. The van der Waals surface area contributed by atoms with E-state index in [9.17, 15) is 0 Å². The maximum absolute atomic E-state index is 5.75. The lowest BCUT2D eigenvalue weighted by atomic mass is 9.97. The normalized spacial score (nSPS) is 27.8. The molecule has 2 aliphatic rings. The second-order valence-corrected chi connectivity index (χ2v) is 7.32. The van der Waals surface area contributed by atoms with Crippen molar-refractivity contribution in [3.63, 3.8) is 0 Å². The largest absolute Gasteiger partial charge is 0.378 e. The van der Waals surface area contributed by atoms with Crippen LogP contribution in [0, 0.1) is 0 Å². The Hall–Kier alpha value is -1.20. The van der Waals surface area contributed by atoms with E-state index < -0.39 is 0 Å². The lowest BCUT2D eigenvalue weighted by molar-refractivity contribution is 0.0992. The average molecular weight is 373 g/mol. The highest BCUT2D eigenvalue weighted by molar-refractivity contribution is 9.10. The number of ether oxygens (including phenoxy) is 1. The molecule has 0 amide bonds. The number of halogens is 1. The van der Waals surface area contributed by atoms with Gasteiger partial charge in [-0.2, -0.15) is 0 Å². The van der Waals surface area contributed by atoms with Crippen LogP contribution in [0.3, 0.4) is 0 Å². The van der Waals surface area contributed by atoms with Crippen LogP contribution in [0.2, 0.25) is 0 Å². The SMILES string of the molecule is Brc1cccc([C@@H]2CN(Cc3ccccc3)[C@H]3COC[C@@H]3N2)c1. The maximum Gasteiger partial charge on any atom is 0.0638 e. The van der Waals surface area contributed by atoms with Crippen molar-refractivity contribution in [2.75, 3.05) is 19.8 Å². The molecule has 3 atom stereocenters. The maximum atomic E-state index is 5.75. The van der Waals surface area contributed by atoms with Crippen molar-refractivity contribution in [2.24, 2.45) is 0 Å². The summed E-state index contributed by atoms with van der Waals surface area (Å²) in [6, 6.07) is 20.6. The van der Waals surface area contributed by atoms with Crippen LogP contribution >= 0.6 is 15.9 Å². The first-order valence-corrected chi connectivity index (χ1v) is 8.96. The molecule has 4 rings (SSSR count). The molecule has 2 saturated heterocycles. The van der Waals surface area contributed by atoms with Gasteiger partial charge in [-0.05, 0) is 23.3 Å². The van der Waals surface area contributed by atoms with Gasteiger partial charge < -0.3 is 10.1 Å². The summed E-state index contributed by atoms with van der Waals surface area (Å²) in [5, 5.41) is 3.79. The van der Waals surface area contributed by atoms with E-state index in [1.54, 1.807) is 0 Å². The molecular weight excluding hydrogens is 352 g/mol. The Labute approximate surface area is 145 Å². The van der Waals surface area contributed by atoms with Crippen molar-refractivity contribution < 1.29 is 4.74 Å². The molecule has 0 aromatic heterocycles. The van der Waals surface area contributed by atoms with Gasteiger partial charge in [-0.15, -0.1) is 0 Å². The number of nitrogens with zero attached hydrogens (tertiary/aromatic N) is 1. The van der Waals surface area contributed by atoms with Crippen LogP contribution in [-0.4, -0.2) is 36.7 Å². The molecule has 120 valence electrons. The molecule has 3 nitrogen and oxygen atoms in total. The van der Waals surface area contributed by atoms with Crippen molar-refractivity contribution in [1.29, 1.82) is 0 Å². The molecular formula is C19H21BrN2O. The van der Waals surface area contributed by atoms with Gasteiger partial charge in [-0.1, -0.05) is 58.4 Å². The van der Waals surface area contributed by atoms with Crippen LogP contribution in [0.4, 0.5) is 0 Å². The van der Waals surface area contributed by atoms with Gasteiger partial charge >= 0.3 is 0 Å². The predicted octanol–water partition coefficient (Wildman–Crippen LogP) is 3.36. The fourth-order valence-corrected chi connectivity index (χ4v) is 4.08. The van der Waals surface area contributed by atoms with Crippen LogP contribution in [-0.2, 0) is 11.3 Å². The van der Waals surface area contributed by atoms with Gasteiger partial charge in [0.25, 0.3) is 0 Å². The van der Waals surface area contributed by atoms with E-state index in [0.29, 0.717) is 18.1 Å². The first kappa shape index (κ1) is 15.3. The minimum absolute atomic E-state index is 0.346. The van der Waals surface area contributed by atoms with Crippen molar-refractivity contribution in [1.82, 2.24) is 10.2 Å². The number of rotatable bonds is 3. The Morgan fingerprint density at radius 1 is 1.09 bits per heavy atom. The van der Waals surface area contributed by atoms with Gasteiger partial charge in [0.2, 0.25) is 0 Å². The van der Waals surface area contributed by atoms with Gasteiger partial charge in [0.15, 0.2) is 0 Å². The lowest BCUT2D eigenvalue weighted by Crippen LogP contribution is -2.58. The molecule has 0 bridgehead atoms. The summed E-state index contributed by atoms with van der Waals surface area (Å²) in [7, 11) is 0. The topological polar surface area (TPSA) is 24.5 Å². The molecule has 2 aromatic rings. The molecule has 0 aliphatic carbocycles. The van der Waals surface area contributed by atoms with Crippen molar-refractivity contribution >= 4 is 15.9 Å². The number of nitrogens with one attached hydrogen (secondary N) is 1. The molecule has 0 spiro atoms. The third kappa shape index (κ3) is 3.36. The third-order valence-electron chi connectivity index (χ3n) is 4.83. The van der Waals surface area contributed by atoms with E-state index >= 15 is 0 Å². The van der Waals surface area contributed by atoms with E-state index in [1.807, 2.05) is 0 Å². The summed E-state index contributed by atoms with van der Waals surface area (Å²) in [5.74, 6) is 0. The summed E-state index contributed by atoms with van der Waals surface area (Å²) >= 11 is 3.59. The standard InChI is InChI=1S/C19H21BrN2O/c20-16-8-4-7-15(9-16)17-11-22(10-14-5-2-1-3-6-14)19-13-23-12-18(19)21-17/h1-9,17-19,21H,10-13H2/t17-,18-,19-/m0/s1. The Morgan fingerprint density at radius 3 is 2.78 bits per heavy atom. The number of benzene rings is 2. The van der Waals surface area contributed by atoms with Crippen molar-refractivity contribution in [2.45, 2.75) is 24.7 Å². The first-order chi connectivity index (χ1) is 11.3. The van der Waals surface area contributed by atoms with E-state index in [4.69, 9.17) is 4.74 Å². The number of hydrogen-bond acceptors (Lipinski definition) is 3. The zero-order valence-corrected chi connectivity index (χ0v) is 14.6. The van der Waals surface area contributed by atoms with E-state index in [0.717, 1.165) is 30.8 Å². The Bertz CT molecular complexity index is 663. The van der Waals surface area contributed by atoms with Crippen LogP contribution in [0.15, 0.2) is 59.1 Å². The van der Waals surface area contributed by atoms with Gasteiger partial charge in [0.1, 0.15) is 0 Å². The smallest absolute Gasteiger partial charge is 0.0638 e. The molecule has 0 radical (unpaired) electrons. The highest BCUT2D eigenvalue weighted by Gasteiger charge is 2.39. The molecule has 0 saturated carbocycles. The Morgan fingerprint density at radius 2 is 1.96 bits per heavy atom. The average Bonchev–Trinajstić information content (AvgIpc) is 3.05. The summed E-state index contributed by atoms with van der Waals surface area (Å²) in [4.78, 5) is 2.58. The summed E-state index contributed by atoms with van der Waals surface area (Å²) in [6.45, 7) is 3.63. The molecule has 0 unspecified atom stereocenters. The second kappa shape index (κ2) is 6.73. The second-order valence-electron chi connectivity index (χ2n) is 6.40. The fraction of sp³-hybridized carbons (Fsp3) is 0.368. The summed E-state index contributed by atoms with van der Waals surface area (Å²) in [5.41, 5.74) is 2.70. The van der Waals surface area contributed by atoms with Gasteiger partial charge in [-0.3, -0.25) is 4.90 Å². The first-order valence-electron chi connectivity index (χ1n) is 8.17. The zero-order chi connectivity index (χ0) is 15.6. The minimum atomic E-state index is 0.346. The minimum Gasteiger partial charge on any atom is -0.378 e. The van der Waals surface area contributed by atoms with Crippen LogP contribution in [0.1, 0.15) is 17.2 Å². The number of hydrogen-bond donors (Lipinski definition) is 1. The molecule has 2 aliphatic heterocycles. The van der Waals surface area contributed by atoms with Gasteiger partial charge in [-0.25, -0.2) is 0 Å². The van der Waals surface area contributed by atoms with Crippen LogP contribution in [0.5, 0.6) is 0 Å². The molecule has 23 heavy (non-hydrogen) atoms. The van der Waals surface area contributed by atoms with Crippen LogP contribution in [0.25, 0.3) is 0 Å². The quantitative estimate of drug-likeness (QED) is 0.893. The fourth-order valence-electron chi connectivity index (χ4n) is 3.67.